The van der Waals surface area contributed by atoms with Crippen molar-refractivity contribution >= 4 is 33.2 Å². The monoisotopic (exact) mass is 386 g/mol. The zero-order valence-corrected chi connectivity index (χ0v) is 15.1. The van der Waals surface area contributed by atoms with Crippen LogP contribution in [0.2, 0.25) is 5.02 Å². The van der Waals surface area contributed by atoms with Gasteiger partial charge in [0.25, 0.3) is 5.91 Å². The first-order chi connectivity index (χ1) is 11.7. The summed E-state index contributed by atoms with van der Waals surface area (Å²) in [6.45, 7) is -0.359. The molecule has 0 saturated carbocycles. The van der Waals surface area contributed by atoms with Crippen LogP contribution in [0.5, 0.6) is 5.75 Å². The Kier molecular flexibility index (Phi) is 5.99. The molecule has 25 heavy (non-hydrogen) atoms. The highest BCUT2D eigenvalue weighted by molar-refractivity contribution is 7.89. The molecule has 6 nitrogen and oxygen atoms in total. The van der Waals surface area contributed by atoms with E-state index in [9.17, 15) is 17.6 Å². The summed E-state index contributed by atoms with van der Waals surface area (Å²) in [5.74, 6) is -0.795. The van der Waals surface area contributed by atoms with Crippen molar-refractivity contribution in [2.24, 2.45) is 0 Å². The molecule has 0 fully saturated rings. The van der Waals surface area contributed by atoms with E-state index in [2.05, 4.69) is 5.32 Å². The minimum atomic E-state index is -3.75. The largest absolute Gasteiger partial charge is 0.484 e. The van der Waals surface area contributed by atoms with Gasteiger partial charge in [0.15, 0.2) is 6.61 Å². The molecule has 0 aliphatic rings. The van der Waals surface area contributed by atoms with Crippen LogP contribution in [0.25, 0.3) is 0 Å². The number of carbonyl (C=O) groups excluding carboxylic acids is 1. The van der Waals surface area contributed by atoms with Gasteiger partial charge in [-0.25, -0.2) is 17.1 Å². The number of amides is 1. The molecule has 2 aromatic rings. The lowest BCUT2D eigenvalue weighted by molar-refractivity contribution is -0.118. The number of benzene rings is 2. The molecule has 0 bridgehead atoms. The molecule has 0 aliphatic heterocycles. The zero-order valence-electron chi connectivity index (χ0n) is 13.5. The lowest BCUT2D eigenvalue weighted by Gasteiger charge is -2.14. The van der Waals surface area contributed by atoms with Gasteiger partial charge in [0.1, 0.15) is 16.5 Å². The van der Waals surface area contributed by atoms with Crippen molar-refractivity contribution in [3.05, 3.63) is 53.3 Å². The highest BCUT2D eigenvalue weighted by atomic mass is 35.5. The zero-order chi connectivity index (χ0) is 18.6. The molecule has 0 spiro atoms. The van der Waals surface area contributed by atoms with Crippen LogP contribution in [0.3, 0.4) is 0 Å². The summed E-state index contributed by atoms with van der Waals surface area (Å²) in [5.41, 5.74) is 0.248. The maximum absolute atomic E-state index is 13.0. The topological polar surface area (TPSA) is 75.7 Å². The van der Waals surface area contributed by atoms with Crippen LogP contribution in [0.15, 0.2) is 47.4 Å². The van der Waals surface area contributed by atoms with Crippen molar-refractivity contribution in [3.8, 4) is 5.75 Å². The predicted octanol–water partition coefficient (Wildman–Crippen LogP) is 2.75. The molecule has 0 heterocycles. The van der Waals surface area contributed by atoms with E-state index >= 15 is 0 Å². The molecule has 0 saturated heterocycles. The fraction of sp³-hybridized carbons (Fsp3) is 0.188. The van der Waals surface area contributed by atoms with E-state index in [0.717, 1.165) is 10.4 Å². The smallest absolute Gasteiger partial charge is 0.262 e. The molecule has 9 heteroatoms. The van der Waals surface area contributed by atoms with E-state index in [1.807, 2.05) is 0 Å². The highest BCUT2D eigenvalue weighted by Crippen LogP contribution is 2.26. The Hall–Kier alpha value is -2.16. The number of ether oxygens (including phenoxy) is 1. The summed E-state index contributed by atoms with van der Waals surface area (Å²) in [7, 11) is -0.991. The van der Waals surface area contributed by atoms with Crippen LogP contribution in [0.4, 0.5) is 10.1 Å². The van der Waals surface area contributed by atoms with E-state index in [-0.39, 0.29) is 28.0 Å². The van der Waals surface area contributed by atoms with Gasteiger partial charge >= 0.3 is 0 Å². The van der Waals surface area contributed by atoms with Crippen LogP contribution in [0.1, 0.15) is 0 Å². The number of nitrogens with one attached hydrogen (secondary N) is 1. The molecule has 0 atom stereocenters. The van der Waals surface area contributed by atoms with Gasteiger partial charge in [-0.1, -0.05) is 17.7 Å². The second-order valence-corrected chi connectivity index (χ2v) is 7.75. The SMILES string of the molecule is CN(C)S(=O)(=O)c1cc(NC(=O)COc2cccc(F)c2)ccc1Cl. The summed E-state index contributed by atoms with van der Waals surface area (Å²) in [6.07, 6.45) is 0. The number of hydrogen-bond donors (Lipinski definition) is 1. The second kappa shape index (κ2) is 7.81. The van der Waals surface area contributed by atoms with Crippen LogP contribution in [-0.4, -0.2) is 39.3 Å². The average Bonchev–Trinajstić information content (AvgIpc) is 2.54. The number of carbonyl (C=O) groups is 1. The van der Waals surface area contributed by atoms with Gasteiger partial charge in [-0.2, -0.15) is 0 Å². The molecule has 2 aromatic carbocycles. The molecule has 134 valence electrons. The number of halogens is 2. The van der Waals surface area contributed by atoms with Crippen molar-refractivity contribution in [3.63, 3.8) is 0 Å². The van der Waals surface area contributed by atoms with Gasteiger partial charge in [0, 0.05) is 25.8 Å². The lowest BCUT2D eigenvalue weighted by atomic mass is 10.3. The van der Waals surface area contributed by atoms with Gasteiger partial charge in [-0.3, -0.25) is 4.79 Å². The Morgan fingerprint density at radius 1 is 1.24 bits per heavy atom. The first-order valence-corrected chi connectivity index (χ1v) is 8.92. The van der Waals surface area contributed by atoms with Crippen LogP contribution < -0.4 is 10.1 Å². The lowest BCUT2D eigenvalue weighted by Crippen LogP contribution is -2.23. The summed E-state index contributed by atoms with van der Waals surface area (Å²) < 4.78 is 43.6. The van der Waals surface area contributed by atoms with Gasteiger partial charge < -0.3 is 10.1 Å². The number of nitrogens with zero attached hydrogens (tertiary/aromatic N) is 1. The van der Waals surface area contributed by atoms with E-state index in [0.29, 0.717) is 0 Å². The van der Waals surface area contributed by atoms with Crippen molar-refractivity contribution in [2.45, 2.75) is 4.90 Å². The number of rotatable bonds is 6. The van der Waals surface area contributed by atoms with Crippen LogP contribution >= 0.6 is 11.6 Å². The number of anilines is 1. The third-order valence-corrected chi connectivity index (χ3v) is 5.44. The maximum Gasteiger partial charge on any atom is 0.262 e. The highest BCUT2D eigenvalue weighted by Gasteiger charge is 2.21. The van der Waals surface area contributed by atoms with E-state index < -0.39 is 21.7 Å². The first kappa shape index (κ1) is 19.2. The Bertz CT molecular complexity index is 887. The minimum Gasteiger partial charge on any atom is -0.484 e. The molecule has 0 unspecified atom stereocenters. The van der Waals surface area contributed by atoms with Gasteiger partial charge in [0.2, 0.25) is 10.0 Å². The van der Waals surface area contributed by atoms with Crippen molar-refractivity contribution in [1.82, 2.24) is 4.31 Å². The average molecular weight is 387 g/mol. The Morgan fingerprint density at radius 2 is 1.96 bits per heavy atom. The van der Waals surface area contributed by atoms with Gasteiger partial charge in [0.05, 0.1) is 5.02 Å². The third-order valence-electron chi connectivity index (χ3n) is 3.14. The summed E-state index contributed by atoms with van der Waals surface area (Å²) in [4.78, 5) is 11.8. The quantitative estimate of drug-likeness (QED) is 0.828. The molecule has 0 radical (unpaired) electrons. The first-order valence-electron chi connectivity index (χ1n) is 7.10. The van der Waals surface area contributed by atoms with Gasteiger partial charge in [-0.15, -0.1) is 0 Å². The molecule has 1 amide bonds. The predicted molar refractivity (Wildman–Crippen MR) is 92.8 cm³/mol. The van der Waals surface area contributed by atoms with Crippen molar-refractivity contribution < 1.29 is 22.3 Å². The van der Waals surface area contributed by atoms with E-state index in [1.54, 1.807) is 0 Å². The Labute approximate surface area is 150 Å². The van der Waals surface area contributed by atoms with Crippen LogP contribution in [0, 0.1) is 5.82 Å². The number of hydrogen-bond acceptors (Lipinski definition) is 4. The molecular weight excluding hydrogens is 371 g/mol. The number of sulfonamides is 1. The van der Waals surface area contributed by atoms with Gasteiger partial charge in [-0.05, 0) is 30.3 Å². The summed E-state index contributed by atoms with van der Waals surface area (Å²) >= 11 is 5.94. The molecule has 1 N–H and O–H groups in total. The molecule has 0 aliphatic carbocycles. The standard InChI is InChI=1S/C16H16ClFN2O4S/c1-20(2)25(22,23)15-9-12(6-7-14(15)17)19-16(21)10-24-13-5-3-4-11(18)8-13/h3-9H,10H2,1-2H3,(H,19,21). The summed E-state index contributed by atoms with van der Waals surface area (Å²) in [5, 5.41) is 2.55. The van der Waals surface area contributed by atoms with E-state index in [1.165, 1.54) is 50.5 Å². The van der Waals surface area contributed by atoms with Crippen molar-refractivity contribution in [2.75, 3.05) is 26.0 Å². The normalized spacial score (nSPS) is 11.4. The maximum atomic E-state index is 13.0. The fourth-order valence-corrected chi connectivity index (χ4v) is 3.27. The fourth-order valence-electron chi connectivity index (χ4n) is 1.88. The minimum absolute atomic E-state index is 0.0442. The second-order valence-electron chi connectivity index (χ2n) is 5.23. The Morgan fingerprint density at radius 3 is 2.60 bits per heavy atom. The Balaban J connectivity index is 2.09. The molecule has 2 rings (SSSR count). The van der Waals surface area contributed by atoms with E-state index in [4.69, 9.17) is 16.3 Å². The van der Waals surface area contributed by atoms with Crippen molar-refractivity contribution in [1.29, 1.82) is 0 Å². The molecular formula is C16H16ClFN2O4S. The third kappa shape index (κ3) is 4.91. The molecule has 0 aromatic heterocycles. The van der Waals surface area contributed by atoms with Crippen LogP contribution in [-0.2, 0) is 14.8 Å². The summed E-state index contributed by atoms with van der Waals surface area (Å²) in [6, 6.07) is 9.49.